The number of hydrogen-bond donors (Lipinski definition) is 2. The van der Waals surface area contributed by atoms with Gasteiger partial charge in [-0.1, -0.05) is 6.07 Å². The molecule has 0 saturated heterocycles. The van der Waals surface area contributed by atoms with Crippen molar-refractivity contribution in [3.8, 4) is 11.5 Å². The Hall–Kier alpha value is -1.75. The molecule has 5 heteroatoms. The first-order valence-electron chi connectivity index (χ1n) is 12.0. The topological polar surface area (TPSA) is 59.6 Å². The van der Waals surface area contributed by atoms with Crippen LogP contribution in [0.5, 0.6) is 11.5 Å². The largest absolute Gasteiger partial charge is 0.493 e. The Labute approximate surface area is 187 Å². The van der Waals surface area contributed by atoms with E-state index in [1.807, 2.05) is 32.9 Å². The van der Waals surface area contributed by atoms with Crippen molar-refractivity contribution in [2.24, 2.45) is 23.2 Å². The summed E-state index contributed by atoms with van der Waals surface area (Å²) in [7, 11) is 1.65. The molecule has 1 atom stereocenters. The van der Waals surface area contributed by atoms with Gasteiger partial charge < -0.3 is 20.1 Å². The summed E-state index contributed by atoms with van der Waals surface area (Å²) >= 11 is 0. The molecule has 31 heavy (non-hydrogen) atoms. The lowest BCUT2D eigenvalue weighted by Gasteiger charge is -2.59. The van der Waals surface area contributed by atoms with Crippen molar-refractivity contribution in [2.75, 3.05) is 13.7 Å². The van der Waals surface area contributed by atoms with Crippen molar-refractivity contribution in [2.45, 2.75) is 84.3 Å². The second-order valence-corrected chi connectivity index (χ2v) is 11.5. The Kier molecular flexibility index (Phi) is 6.26. The van der Waals surface area contributed by atoms with Crippen molar-refractivity contribution in [1.29, 1.82) is 0 Å². The molecule has 2 N–H and O–H groups in total. The van der Waals surface area contributed by atoms with Crippen molar-refractivity contribution in [1.82, 2.24) is 10.6 Å². The molecule has 5 nitrogen and oxygen atoms in total. The first kappa shape index (κ1) is 22.4. The Bertz CT molecular complexity index is 763. The van der Waals surface area contributed by atoms with Crippen LogP contribution in [0.15, 0.2) is 18.2 Å². The lowest BCUT2D eigenvalue weighted by atomic mass is 9.48. The van der Waals surface area contributed by atoms with E-state index in [1.165, 1.54) is 44.1 Å². The van der Waals surface area contributed by atoms with E-state index in [1.54, 1.807) is 7.11 Å². The SMILES string of the molecule is COc1cc(CNC(C)C23CC4CC(CC(C4)C2)C3)ccc1OCC(=O)NC(C)(C)C. The molecular weight excluding hydrogens is 388 g/mol. The molecule has 0 radical (unpaired) electrons. The van der Waals surface area contributed by atoms with E-state index in [-0.39, 0.29) is 18.1 Å². The number of ether oxygens (including phenoxy) is 2. The normalized spacial score (nSPS) is 30.2. The van der Waals surface area contributed by atoms with E-state index in [2.05, 4.69) is 23.6 Å². The average molecular weight is 429 g/mol. The van der Waals surface area contributed by atoms with Crippen LogP contribution in [0.4, 0.5) is 0 Å². The zero-order valence-electron chi connectivity index (χ0n) is 19.9. The Morgan fingerprint density at radius 3 is 2.26 bits per heavy atom. The first-order valence-corrected chi connectivity index (χ1v) is 12.0. The molecule has 4 saturated carbocycles. The number of carbonyl (C=O) groups excluding carboxylic acids is 1. The molecule has 5 rings (SSSR count). The van der Waals surface area contributed by atoms with E-state index in [4.69, 9.17) is 9.47 Å². The predicted octanol–water partition coefficient (Wildman–Crippen LogP) is 4.68. The molecule has 4 aliphatic carbocycles. The van der Waals surface area contributed by atoms with Crippen molar-refractivity contribution in [3.63, 3.8) is 0 Å². The third kappa shape index (κ3) is 5.19. The second kappa shape index (κ2) is 8.65. The highest BCUT2D eigenvalue weighted by Gasteiger charge is 2.52. The van der Waals surface area contributed by atoms with Gasteiger partial charge in [0.1, 0.15) is 0 Å². The standard InChI is InChI=1S/C26H40N2O3/c1-17(26-12-19-8-20(13-26)10-21(9-19)14-26)27-15-18-6-7-22(23(11-18)30-5)31-16-24(29)28-25(2,3)4/h6-7,11,17,19-21,27H,8-10,12-16H2,1-5H3,(H,28,29). The number of hydrogen-bond acceptors (Lipinski definition) is 4. The fourth-order valence-electron chi connectivity index (χ4n) is 6.73. The second-order valence-electron chi connectivity index (χ2n) is 11.5. The minimum atomic E-state index is -0.270. The van der Waals surface area contributed by atoms with Crippen LogP contribution in [0.1, 0.15) is 71.8 Å². The van der Waals surface area contributed by atoms with Gasteiger partial charge >= 0.3 is 0 Å². The van der Waals surface area contributed by atoms with E-state index in [9.17, 15) is 4.79 Å². The summed E-state index contributed by atoms with van der Waals surface area (Å²) in [6.07, 6.45) is 8.70. The summed E-state index contributed by atoms with van der Waals surface area (Å²) in [5, 5.41) is 6.75. The van der Waals surface area contributed by atoms with Crippen LogP contribution in [0, 0.1) is 23.2 Å². The highest BCUT2D eigenvalue weighted by molar-refractivity contribution is 5.78. The Balaban J connectivity index is 1.33. The van der Waals surface area contributed by atoms with Crippen LogP contribution in [0.25, 0.3) is 0 Å². The van der Waals surface area contributed by atoms with Gasteiger partial charge in [0.15, 0.2) is 18.1 Å². The smallest absolute Gasteiger partial charge is 0.258 e. The zero-order chi connectivity index (χ0) is 22.2. The van der Waals surface area contributed by atoms with Gasteiger partial charge in [-0.3, -0.25) is 4.79 Å². The van der Waals surface area contributed by atoms with Gasteiger partial charge in [0.05, 0.1) is 7.11 Å². The Morgan fingerprint density at radius 1 is 1.10 bits per heavy atom. The van der Waals surface area contributed by atoms with E-state index in [0.29, 0.717) is 23.0 Å². The summed E-state index contributed by atoms with van der Waals surface area (Å²) in [5.41, 5.74) is 1.41. The van der Waals surface area contributed by atoms with E-state index < -0.39 is 0 Å². The number of carbonyl (C=O) groups is 1. The number of rotatable bonds is 8. The highest BCUT2D eigenvalue weighted by atomic mass is 16.5. The molecule has 4 fully saturated rings. The maximum atomic E-state index is 12.1. The van der Waals surface area contributed by atoms with Crippen molar-refractivity contribution < 1.29 is 14.3 Å². The number of benzene rings is 1. The monoisotopic (exact) mass is 428 g/mol. The molecule has 4 bridgehead atoms. The molecule has 0 aliphatic heterocycles. The summed E-state index contributed by atoms with van der Waals surface area (Å²) < 4.78 is 11.3. The van der Waals surface area contributed by atoms with E-state index in [0.717, 1.165) is 24.3 Å². The third-order valence-electron chi connectivity index (χ3n) is 7.72. The minimum absolute atomic E-state index is 0.0196. The third-order valence-corrected chi connectivity index (χ3v) is 7.72. The van der Waals surface area contributed by atoms with Gasteiger partial charge in [-0.05, 0) is 107 Å². The molecule has 0 heterocycles. The van der Waals surface area contributed by atoms with Crippen LogP contribution in [-0.4, -0.2) is 31.2 Å². The first-order chi connectivity index (χ1) is 14.7. The minimum Gasteiger partial charge on any atom is -0.493 e. The van der Waals surface area contributed by atoms with Gasteiger partial charge in [0.25, 0.3) is 5.91 Å². The summed E-state index contributed by atoms with van der Waals surface area (Å²) in [6.45, 7) is 9.07. The highest BCUT2D eigenvalue weighted by Crippen LogP contribution is 2.61. The molecule has 1 aromatic rings. The fraction of sp³-hybridized carbons (Fsp3) is 0.731. The van der Waals surface area contributed by atoms with Crippen LogP contribution in [0.3, 0.4) is 0 Å². The lowest BCUT2D eigenvalue weighted by Crippen LogP contribution is -2.54. The summed E-state index contributed by atoms with van der Waals surface area (Å²) in [4.78, 5) is 12.1. The number of amides is 1. The maximum absolute atomic E-state index is 12.1. The molecule has 172 valence electrons. The number of nitrogens with one attached hydrogen (secondary N) is 2. The van der Waals surface area contributed by atoms with Gasteiger partial charge in [0, 0.05) is 18.1 Å². The lowest BCUT2D eigenvalue weighted by molar-refractivity contribution is -0.124. The van der Waals surface area contributed by atoms with Crippen LogP contribution in [-0.2, 0) is 11.3 Å². The zero-order valence-corrected chi connectivity index (χ0v) is 19.9. The molecule has 0 spiro atoms. The van der Waals surface area contributed by atoms with Crippen LogP contribution >= 0.6 is 0 Å². The quantitative estimate of drug-likeness (QED) is 0.631. The molecule has 1 amide bonds. The van der Waals surface area contributed by atoms with Crippen LogP contribution in [0.2, 0.25) is 0 Å². The van der Waals surface area contributed by atoms with Gasteiger partial charge in [0.2, 0.25) is 0 Å². The fourth-order valence-corrected chi connectivity index (χ4v) is 6.73. The molecule has 0 aromatic heterocycles. The molecule has 1 unspecified atom stereocenters. The maximum Gasteiger partial charge on any atom is 0.258 e. The predicted molar refractivity (Wildman–Crippen MR) is 123 cm³/mol. The van der Waals surface area contributed by atoms with Crippen LogP contribution < -0.4 is 20.1 Å². The Morgan fingerprint density at radius 2 is 1.71 bits per heavy atom. The average Bonchev–Trinajstić information content (AvgIpc) is 2.68. The molecule has 1 aromatic carbocycles. The van der Waals surface area contributed by atoms with E-state index >= 15 is 0 Å². The van der Waals surface area contributed by atoms with Gasteiger partial charge in [-0.25, -0.2) is 0 Å². The molecular formula is C26H40N2O3. The van der Waals surface area contributed by atoms with Crippen molar-refractivity contribution >= 4 is 5.91 Å². The van der Waals surface area contributed by atoms with Gasteiger partial charge in [-0.15, -0.1) is 0 Å². The molecule has 4 aliphatic rings. The number of methoxy groups -OCH3 is 1. The summed E-state index contributed by atoms with van der Waals surface area (Å²) in [6, 6.07) is 6.54. The van der Waals surface area contributed by atoms with Gasteiger partial charge in [-0.2, -0.15) is 0 Å². The summed E-state index contributed by atoms with van der Waals surface area (Å²) in [5.74, 6) is 4.06. The van der Waals surface area contributed by atoms with Crippen molar-refractivity contribution in [3.05, 3.63) is 23.8 Å².